The van der Waals surface area contributed by atoms with Gasteiger partial charge in [-0.2, -0.15) is 0 Å². The Bertz CT molecular complexity index is 1340. The van der Waals surface area contributed by atoms with E-state index in [1.807, 2.05) is 0 Å². The maximum absolute atomic E-state index is 13.0. The molecule has 2 aliphatic rings. The van der Waals surface area contributed by atoms with Crippen LogP contribution in [0.4, 0.5) is 0 Å². The number of hydrogen-bond acceptors (Lipinski definition) is 14. The summed E-state index contributed by atoms with van der Waals surface area (Å²) < 4.78 is 34.3. The van der Waals surface area contributed by atoms with Crippen LogP contribution in [0.15, 0.2) is 48.6 Å². The Morgan fingerprint density at radius 1 is 0.471 bits per heavy atom. The van der Waals surface area contributed by atoms with Crippen molar-refractivity contribution in [2.45, 2.75) is 268 Å². The third-order valence-corrected chi connectivity index (χ3v) is 13.0. The Morgan fingerprint density at radius 2 is 0.914 bits per heavy atom. The molecule has 0 amide bonds. The molecule has 2 saturated heterocycles. The van der Waals surface area contributed by atoms with Crippen LogP contribution in [0.1, 0.15) is 200 Å². The minimum Gasteiger partial charge on any atom is -0.457 e. The third-order valence-electron chi connectivity index (χ3n) is 13.0. The monoisotopic (exact) mass is 997 g/mol. The van der Waals surface area contributed by atoms with E-state index in [0.717, 1.165) is 70.6 Å². The second-order valence-electron chi connectivity index (χ2n) is 19.4. The van der Waals surface area contributed by atoms with Crippen LogP contribution in [0.25, 0.3) is 0 Å². The summed E-state index contributed by atoms with van der Waals surface area (Å²) >= 11 is 0. The summed E-state index contributed by atoms with van der Waals surface area (Å²) in [5.74, 6) is -0.383. The lowest BCUT2D eigenvalue weighted by atomic mass is 9.98. The van der Waals surface area contributed by atoms with E-state index < -0.39 is 80.7 Å². The van der Waals surface area contributed by atoms with Crippen molar-refractivity contribution in [3.63, 3.8) is 0 Å². The fraction of sp³-hybridized carbons (Fsp3) is 0.839. The zero-order valence-corrected chi connectivity index (χ0v) is 43.5. The summed E-state index contributed by atoms with van der Waals surface area (Å²) in [7, 11) is 0. The SMILES string of the molecule is CCC/C=C\CCCCCCCCOCC(COC1OC(COC2OC(CO)C(O)C(O)C2O)C(O)C(O)C1O)OC(=O)CCCCCCCCCCCC/C=C\C/C=C\C/C=C\CCCCCCC. The first-order chi connectivity index (χ1) is 34.1. The molecule has 0 aromatic carbocycles. The predicted molar refractivity (Wildman–Crippen MR) is 275 cm³/mol. The summed E-state index contributed by atoms with van der Waals surface area (Å²) in [6.45, 7) is 3.60. The molecule has 14 heteroatoms. The summed E-state index contributed by atoms with van der Waals surface area (Å²) in [5.41, 5.74) is 0. The number of allylic oxidation sites excluding steroid dienone is 8. The average Bonchev–Trinajstić information content (AvgIpc) is 3.36. The van der Waals surface area contributed by atoms with Gasteiger partial charge in [-0.05, 0) is 70.6 Å². The van der Waals surface area contributed by atoms with Crippen molar-refractivity contribution in [2.75, 3.05) is 33.0 Å². The molecule has 0 aromatic heterocycles. The molecule has 2 fully saturated rings. The number of aliphatic hydroxyl groups is 7. The Hall–Kier alpha value is -2.05. The highest BCUT2D eigenvalue weighted by Crippen LogP contribution is 2.26. The van der Waals surface area contributed by atoms with Crippen molar-refractivity contribution in [3.05, 3.63) is 48.6 Å². The third kappa shape index (κ3) is 30.2. The molecule has 2 heterocycles. The van der Waals surface area contributed by atoms with E-state index in [-0.39, 0.29) is 25.6 Å². The molecule has 7 N–H and O–H groups in total. The second-order valence-corrected chi connectivity index (χ2v) is 19.4. The zero-order chi connectivity index (χ0) is 50.9. The first-order valence-electron chi connectivity index (χ1n) is 27.7. The molecular formula is C56H100O14. The van der Waals surface area contributed by atoms with Gasteiger partial charge in [-0.15, -0.1) is 0 Å². The van der Waals surface area contributed by atoms with Crippen LogP contribution in [0.5, 0.6) is 0 Å². The molecule has 70 heavy (non-hydrogen) atoms. The Labute approximate surface area is 422 Å². The van der Waals surface area contributed by atoms with Crippen molar-refractivity contribution in [3.8, 4) is 0 Å². The van der Waals surface area contributed by atoms with Gasteiger partial charge in [0, 0.05) is 13.0 Å². The minimum atomic E-state index is -1.71. The van der Waals surface area contributed by atoms with Gasteiger partial charge in [-0.3, -0.25) is 4.79 Å². The summed E-state index contributed by atoms with van der Waals surface area (Å²) in [4.78, 5) is 13.0. The predicted octanol–water partition coefficient (Wildman–Crippen LogP) is 9.13. The lowest BCUT2D eigenvalue weighted by Gasteiger charge is -2.42. The highest BCUT2D eigenvalue weighted by atomic mass is 16.7. The molecule has 408 valence electrons. The molecule has 2 rings (SSSR count). The van der Waals surface area contributed by atoms with Crippen LogP contribution in [0, 0.1) is 0 Å². The molecule has 0 bridgehead atoms. The quantitative estimate of drug-likeness (QED) is 0.0172. The van der Waals surface area contributed by atoms with E-state index in [4.69, 9.17) is 28.4 Å². The van der Waals surface area contributed by atoms with Crippen LogP contribution in [-0.2, 0) is 33.2 Å². The molecule has 11 atom stereocenters. The van der Waals surface area contributed by atoms with Crippen LogP contribution in [0.2, 0.25) is 0 Å². The van der Waals surface area contributed by atoms with E-state index in [1.54, 1.807) is 0 Å². The number of carbonyl (C=O) groups is 1. The number of hydrogen-bond donors (Lipinski definition) is 7. The van der Waals surface area contributed by atoms with E-state index >= 15 is 0 Å². The van der Waals surface area contributed by atoms with E-state index in [1.165, 1.54) is 103 Å². The summed E-state index contributed by atoms with van der Waals surface area (Å²) in [6, 6.07) is 0. The van der Waals surface area contributed by atoms with Crippen molar-refractivity contribution >= 4 is 5.97 Å². The van der Waals surface area contributed by atoms with Gasteiger partial charge in [-0.1, -0.05) is 172 Å². The van der Waals surface area contributed by atoms with E-state index in [2.05, 4.69) is 62.5 Å². The lowest BCUT2D eigenvalue weighted by molar-refractivity contribution is -0.332. The van der Waals surface area contributed by atoms with Crippen molar-refractivity contribution in [1.29, 1.82) is 0 Å². The van der Waals surface area contributed by atoms with Gasteiger partial charge >= 0.3 is 5.97 Å². The van der Waals surface area contributed by atoms with Crippen LogP contribution < -0.4 is 0 Å². The van der Waals surface area contributed by atoms with Crippen LogP contribution in [0.3, 0.4) is 0 Å². The molecule has 0 aromatic rings. The molecule has 0 aliphatic carbocycles. The highest BCUT2D eigenvalue weighted by molar-refractivity contribution is 5.69. The number of esters is 1. The van der Waals surface area contributed by atoms with Gasteiger partial charge < -0.3 is 64.2 Å². The normalized spacial score (nSPS) is 25.8. The van der Waals surface area contributed by atoms with Gasteiger partial charge in [-0.25, -0.2) is 0 Å². The maximum Gasteiger partial charge on any atom is 0.306 e. The van der Waals surface area contributed by atoms with Crippen LogP contribution in [-0.4, -0.2) is 142 Å². The molecular weight excluding hydrogens is 897 g/mol. The van der Waals surface area contributed by atoms with E-state index in [0.29, 0.717) is 13.0 Å². The fourth-order valence-corrected chi connectivity index (χ4v) is 8.53. The molecule has 2 aliphatic heterocycles. The van der Waals surface area contributed by atoms with Gasteiger partial charge in [0.05, 0.1) is 26.4 Å². The zero-order valence-electron chi connectivity index (χ0n) is 43.5. The maximum atomic E-state index is 13.0. The largest absolute Gasteiger partial charge is 0.457 e. The minimum absolute atomic E-state index is 0.0550. The first kappa shape index (κ1) is 64.1. The van der Waals surface area contributed by atoms with Gasteiger partial charge in [0.25, 0.3) is 0 Å². The average molecular weight is 997 g/mol. The fourth-order valence-electron chi connectivity index (χ4n) is 8.53. The Balaban J connectivity index is 1.69. The first-order valence-corrected chi connectivity index (χ1v) is 27.7. The van der Waals surface area contributed by atoms with E-state index in [9.17, 15) is 40.5 Å². The smallest absolute Gasteiger partial charge is 0.306 e. The van der Waals surface area contributed by atoms with Gasteiger partial charge in [0.1, 0.15) is 54.9 Å². The van der Waals surface area contributed by atoms with Crippen molar-refractivity contribution in [2.24, 2.45) is 0 Å². The van der Waals surface area contributed by atoms with Crippen LogP contribution >= 0.6 is 0 Å². The van der Waals surface area contributed by atoms with Gasteiger partial charge in [0.2, 0.25) is 0 Å². The molecule has 11 unspecified atom stereocenters. The topological polar surface area (TPSA) is 214 Å². The second kappa shape index (κ2) is 43.4. The standard InChI is InChI=1S/C56H100O14/c1-3-5-7-9-11-13-15-16-17-18-19-20-21-22-23-24-25-26-27-28-29-31-33-35-37-39-48(58)68-45(42-65-40-38-36-34-32-30-14-12-10-8-6-4-2)43-66-55-54(64)52(62)50(60)47(70-55)44-67-56-53(63)51(61)49(59)46(41-57)69-56/h8,10,15-16,18-19,21-22,45-47,49-57,59-64H,3-7,9,11-14,17,20,23-44H2,1-2H3/b10-8-,16-15-,19-18-,22-21-. The van der Waals surface area contributed by atoms with Gasteiger partial charge in [0.15, 0.2) is 12.6 Å². The molecule has 14 nitrogen and oxygen atoms in total. The number of aliphatic hydroxyl groups excluding tert-OH is 7. The van der Waals surface area contributed by atoms with Crippen molar-refractivity contribution < 1.29 is 69.0 Å². The number of unbranched alkanes of at least 4 members (excludes halogenated alkanes) is 22. The number of carbonyl (C=O) groups excluding carboxylic acids is 1. The number of rotatable bonds is 44. The van der Waals surface area contributed by atoms with Crippen molar-refractivity contribution in [1.82, 2.24) is 0 Å². The summed E-state index contributed by atoms with van der Waals surface area (Å²) in [5, 5.41) is 72.2. The Kier molecular flexibility index (Phi) is 39.7. The Morgan fingerprint density at radius 3 is 1.46 bits per heavy atom. The number of ether oxygens (including phenoxy) is 6. The highest BCUT2D eigenvalue weighted by Gasteiger charge is 2.47. The summed E-state index contributed by atoms with van der Waals surface area (Å²) in [6.07, 6.45) is 34.7. The lowest BCUT2D eigenvalue weighted by Crippen LogP contribution is -2.61. The molecule has 0 saturated carbocycles. The molecule has 0 spiro atoms. The molecule has 0 radical (unpaired) electrons.